The van der Waals surface area contributed by atoms with Crippen molar-refractivity contribution >= 4 is 49.4 Å². The van der Waals surface area contributed by atoms with Crippen LogP contribution >= 0.6 is 31.9 Å². The molecule has 0 atom stereocenters. The average Bonchev–Trinajstić information content (AvgIpc) is 2.37. The van der Waals surface area contributed by atoms with E-state index in [0.29, 0.717) is 11.1 Å². The minimum Gasteiger partial charge on any atom is -0.478 e. The first-order valence-electron chi connectivity index (χ1n) is 5.68. The van der Waals surface area contributed by atoms with E-state index in [1.807, 2.05) is 0 Å². The zero-order chi connectivity index (χ0) is 14.9. The van der Waals surface area contributed by atoms with Crippen LogP contribution < -0.4 is 0 Å². The van der Waals surface area contributed by atoms with Crippen LogP contribution in [-0.2, 0) is 4.79 Å². The summed E-state index contributed by atoms with van der Waals surface area (Å²) in [5, 5.41) is 18.6. The van der Waals surface area contributed by atoms with Crippen LogP contribution in [0.2, 0.25) is 0 Å². The highest BCUT2D eigenvalue weighted by Gasteiger charge is 2.31. The molecule has 0 radical (unpaired) electrons. The van der Waals surface area contributed by atoms with Gasteiger partial charge < -0.3 is 10.2 Å². The number of hydrogen-bond acceptors (Lipinski definition) is 2. The summed E-state index contributed by atoms with van der Waals surface area (Å²) < 4.78 is -0.616. The Morgan fingerprint density at radius 1 is 1.10 bits per heavy atom. The van der Waals surface area contributed by atoms with E-state index in [2.05, 4.69) is 31.9 Å². The third kappa shape index (κ3) is 3.02. The monoisotopic (exact) mass is 400 g/mol. The molecule has 0 saturated heterocycles. The fourth-order valence-corrected chi connectivity index (χ4v) is 2.87. The van der Waals surface area contributed by atoms with Crippen LogP contribution in [0.4, 0.5) is 0 Å². The van der Waals surface area contributed by atoms with E-state index in [1.165, 1.54) is 6.07 Å². The van der Waals surface area contributed by atoms with E-state index >= 15 is 0 Å². The Morgan fingerprint density at radius 3 is 2.35 bits per heavy atom. The van der Waals surface area contributed by atoms with Gasteiger partial charge in [0.2, 0.25) is 0 Å². The topological polar surface area (TPSA) is 74.6 Å². The van der Waals surface area contributed by atoms with Gasteiger partial charge in [0.15, 0.2) is 0 Å². The lowest BCUT2D eigenvalue weighted by molar-refractivity contribution is -0.132. The number of hydrogen-bond donors (Lipinski definition) is 2. The highest BCUT2D eigenvalue weighted by atomic mass is 79.9. The zero-order valence-corrected chi connectivity index (χ0v) is 13.3. The lowest BCUT2D eigenvalue weighted by Crippen LogP contribution is -2.19. The molecular formula is C14H10Br2O4. The second kappa shape index (κ2) is 5.54. The first-order chi connectivity index (χ1) is 9.32. The third-order valence-electron chi connectivity index (χ3n) is 2.94. The summed E-state index contributed by atoms with van der Waals surface area (Å²) in [6, 6.07) is 6.37. The summed E-state index contributed by atoms with van der Waals surface area (Å²) in [6.45, 7) is 0. The quantitative estimate of drug-likeness (QED) is 0.757. The molecular weight excluding hydrogens is 392 g/mol. The number of carboxylic acids is 2. The first-order valence-corrected chi connectivity index (χ1v) is 7.26. The smallest absolute Gasteiger partial charge is 0.336 e. The van der Waals surface area contributed by atoms with Crippen molar-refractivity contribution in [3.8, 4) is 0 Å². The number of alkyl halides is 2. The van der Waals surface area contributed by atoms with Gasteiger partial charge in [0, 0.05) is 12.0 Å². The summed E-state index contributed by atoms with van der Waals surface area (Å²) in [6.07, 6.45) is 3.59. The number of carbonyl (C=O) groups is 2. The van der Waals surface area contributed by atoms with Gasteiger partial charge in [-0.15, -0.1) is 0 Å². The maximum absolute atomic E-state index is 11.4. The molecule has 0 aliphatic heterocycles. The minimum atomic E-state index is -1.08. The second-order valence-electron chi connectivity index (χ2n) is 4.32. The summed E-state index contributed by atoms with van der Waals surface area (Å²) in [5.74, 6) is -2.14. The van der Waals surface area contributed by atoms with Crippen LogP contribution in [0.5, 0.6) is 0 Å². The Morgan fingerprint density at radius 2 is 1.75 bits per heavy atom. The standard InChI is InChI=1S/C14H10Br2O4/c15-14(16)6-5-9(11(7-14)13(19)20)8-3-1-2-4-10(8)12(17)18/h1-6H,7H2,(H,17,18)(H,19,20). The Bertz CT molecular complexity index is 644. The fourth-order valence-electron chi connectivity index (χ4n) is 2.04. The number of aliphatic carboxylic acids is 1. The lowest BCUT2D eigenvalue weighted by Gasteiger charge is -2.23. The normalized spacial score (nSPS) is 17.1. The van der Waals surface area contributed by atoms with Crippen LogP contribution in [0.3, 0.4) is 0 Å². The molecule has 0 spiro atoms. The van der Waals surface area contributed by atoms with Gasteiger partial charge in [-0.3, -0.25) is 0 Å². The Kier molecular flexibility index (Phi) is 4.15. The van der Waals surface area contributed by atoms with Gasteiger partial charge >= 0.3 is 11.9 Å². The van der Waals surface area contributed by atoms with Crippen molar-refractivity contribution in [1.29, 1.82) is 0 Å². The fraction of sp³-hybridized carbons (Fsp3) is 0.143. The zero-order valence-electron chi connectivity index (χ0n) is 10.1. The maximum atomic E-state index is 11.4. The van der Waals surface area contributed by atoms with Gasteiger partial charge in [0.1, 0.15) is 3.23 Å². The summed E-state index contributed by atoms with van der Waals surface area (Å²) in [4.78, 5) is 22.7. The van der Waals surface area contributed by atoms with Gasteiger partial charge in [0.05, 0.1) is 5.56 Å². The number of benzene rings is 1. The number of carboxylic acid groups (broad SMARTS) is 2. The van der Waals surface area contributed by atoms with Crippen molar-refractivity contribution in [3.05, 3.63) is 53.1 Å². The van der Waals surface area contributed by atoms with Crippen LogP contribution in [0.1, 0.15) is 22.3 Å². The molecule has 1 aliphatic carbocycles. The molecule has 4 nitrogen and oxygen atoms in total. The van der Waals surface area contributed by atoms with Crippen LogP contribution in [0.25, 0.3) is 5.57 Å². The van der Waals surface area contributed by atoms with Crippen LogP contribution in [0, 0.1) is 0 Å². The Hall–Kier alpha value is -1.40. The van der Waals surface area contributed by atoms with E-state index in [-0.39, 0.29) is 17.6 Å². The van der Waals surface area contributed by atoms with Crippen molar-refractivity contribution in [2.75, 3.05) is 0 Å². The highest BCUT2D eigenvalue weighted by molar-refractivity contribution is 9.25. The van der Waals surface area contributed by atoms with Gasteiger partial charge in [-0.1, -0.05) is 62.2 Å². The molecule has 0 saturated carbocycles. The van der Waals surface area contributed by atoms with Gasteiger partial charge in [-0.05, 0) is 17.2 Å². The minimum absolute atomic E-state index is 0.0857. The van der Waals surface area contributed by atoms with Crippen molar-refractivity contribution in [3.63, 3.8) is 0 Å². The maximum Gasteiger partial charge on any atom is 0.336 e. The molecule has 20 heavy (non-hydrogen) atoms. The highest BCUT2D eigenvalue weighted by Crippen LogP contribution is 2.42. The van der Waals surface area contributed by atoms with Gasteiger partial charge in [0.25, 0.3) is 0 Å². The van der Waals surface area contributed by atoms with Crippen LogP contribution in [0.15, 0.2) is 42.0 Å². The van der Waals surface area contributed by atoms with Crippen molar-refractivity contribution in [2.45, 2.75) is 9.65 Å². The molecule has 104 valence electrons. The molecule has 1 aliphatic rings. The number of halogens is 2. The summed E-state index contributed by atoms with van der Waals surface area (Å²) in [5.41, 5.74) is 1.08. The molecule has 0 bridgehead atoms. The summed E-state index contributed by atoms with van der Waals surface area (Å²) in [7, 11) is 0. The number of allylic oxidation sites excluding steroid dienone is 3. The molecule has 0 unspecified atom stereocenters. The van der Waals surface area contributed by atoms with Crippen molar-refractivity contribution in [2.24, 2.45) is 0 Å². The predicted molar refractivity (Wildman–Crippen MR) is 82.3 cm³/mol. The number of aromatic carboxylic acids is 1. The largest absolute Gasteiger partial charge is 0.478 e. The number of rotatable bonds is 3. The van der Waals surface area contributed by atoms with Crippen molar-refractivity contribution < 1.29 is 19.8 Å². The molecule has 1 aromatic rings. The molecule has 6 heteroatoms. The molecule has 1 aromatic carbocycles. The van der Waals surface area contributed by atoms with E-state index in [9.17, 15) is 19.8 Å². The third-order valence-corrected chi connectivity index (χ3v) is 4.03. The van der Waals surface area contributed by atoms with E-state index in [1.54, 1.807) is 30.4 Å². The van der Waals surface area contributed by atoms with E-state index in [4.69, 9.17) is 0 Å². The van der Waals surface area contributed by atoms with E-state index < -0.39 is 15.2 Å². The molecule has 2 N–H and O–H groups in total. The van der Waals surface area contributed by atoms with Gasteiger partial charge in [-0.2, -0.15) is 0 Å². The SMILES string of the molecule is O=C(O)C1=C(c2ccccc2C(=O)O)C=CC(Br)(Br)C1. The average molecular weight is 402 g/mol. The van der Waals surface area contributed by atoms with Crippen molar-refractivity contribution in [1.82, 2.24) is 0 Å². The molecule has 0 amide bonds. The van der Waals surface area contributed by atoms with Gasteiger partial charge in [-0.25, -0.2) is 9.59 Å². The molecule has 0 aromatic heterocycles. The van der Waals surface area contributed by atoms with Crippen LogP contribution in [-0.4, -0.2) is 25.4 Å². The molecule has 2 rings (SSSR count). The Labute approximate surface area is 132 Å². The van der Waals surface area contributed by atoms with E-state index in [0.717, 1.165) is 0 Å². The second-order valence-corrected chi connectivity index (χ2v) is 8.21. The first kappa shape index (κ1) is 15.0. The molecule has 0 heterocycles. The lowest BCUT2D eigenvalue weighted by atomic mass is 9.89. The molecule has 0 fully saturated rings. The summed E-state index contributed by atoms with van der Waals surface area (Å²) >= 11 is 6.73. The Balaban J connectivity index is 2.64. The predicted octanol–water partition coefficient (Wildman–Crippen LogP) is 3.67.